The van der Waals surface area contributed by atoms with Crippen LogP contribution in [0, 0.1) is 17.7 Å². The molecule has 0 saturated heterocycles. The largest absolute Gasteiger partial charge is 0.271 e. The van der Waals surface area contributed by atoms with Gasteiger partial charge in [0.15, 0.2) is 0 Å². The maximum absolute atomic E-state index is 13.9. The van der Waals surface area contributed by atoms with Crippen molar-refractivity contribution < 1.29 is 4.39 Å². The van der Waals surface area contributed by atoms with Crippen LogP contribution < -0.4 is 11.3 Å². The van der Waals surface area contributed by atoms with Crippen molar-refractivity contribution >= 4 is 11.6 Å². The summed E-state index contributed by atoms with van der Waals surface area (Å²) < 4.78 is 13.9. The Kier molecular flexibility index (Phi) is 6.46. The summed E-state index contributed by atoms with van der Waals surface area (Å²) >= 11 is 6.13. The van der Waals surface area contributed by atoms with Crippen molar-refractivity contribution in [2.24, 2.45) is 17.7 Å². The molecule has 0 radical (unpaired) electrons. The Bertz CT molecular complexity index is 424. The van der Waals surface area contributed by atoms with Gasteiger partial charge in [-0.05, 0) is 43.2 Å². The molecular formula is C17H26ClFN2. The van der Waals surface area contributed by atoms with Gasteiger partial charge in [0.1, 0.15) is 5.82 Å². The summed E-state index contributed by atoms with van der Waals surface area (Å²) in [5.41, 5.74) is 3.48. The van der Waals surface area contributed by atoms with Crippen molar-refractivity contribution in [3.8, 4) is 0 Å². The molecule has 3 N–H and O–H groups in total. The van der Waals surface area contributed by atoms with E-state index in [1.54, 1.807) is 12.1 Å². The first kappa shape index (κ1) is 16.7. The Morgan fingerprint density at radius 1 is 1.33 bits per heavy atom. The summed E-state index contributed by atoms with van der Waals surface area (Å²) in [6, 6.07) is 4.95. The lowest BCUT2D eigenvalue weighted by Gasteiger charge is -2.33. The van der Waals surface area contributed by atoms with Gasteiger partial charge in [0.25, 0.3) is 0 Å². The molecule has 1 aliphatic carbocycles. The zero-order valence-electron chi connectivity index (χ0n) is 12.7. The fraction of sp³-hybridized carbons (Fsp3) is 0.647. The average Bonchev–Trinajstić information content (AvgIpc) is 2.49. The fourth-order valence-corrected chi connectivity index (χ4v) is 3.84. The lowest BCUT2D eigenvalue weighted by atomic mass is 9.76. The highest BCUT2D eigenvalue weighted by atomic mass is 35.5. The predicted molar refractivity (Wildman–Crippen MR) is 86.6 cm³/mol. The number of hydrogen-bond acceptors (Lipinski definition) is 2. The van der Waals surface area contributed by atoms with E-state index in [9.17, 15) is 4.39 Å². The maximum atomic E-state index is 13.9. The van der Waals surface area contributed by atoms with Crippen molar-refractivity contribution in [3.05, 3.63) is 34.6 Å². The molecule has 0 spiro atoms. The molecule has 0 aromatic heterocycles. The lowest BCUT2D eigenvalue weighted by Crippen LogP contribution is -2.44. The third kappa shape index (κ3) is 4.41. The molecule has 0 amide bonds. The molecule has 1 aromatic rings. The van der Waals surface area contributed by atoms with Gasteiger partial charge in [0.05, 0.1) is 0 Å². The third-order valence-electron chi connectivity index (χ3n) is 4.86. The third-order valence-corrected chi connectivity index (χ3v) is 5.21. The molecule has 0 heterocycles. The lowest BCUT2D eigenvalue weighted by molar-refractivity contribution is 0.212. The van der Waals surface area contributed by atoms with E-state index in [1.807, 2.05) is 0 Å². The van der Waals surface area contributed by atoms with Crippen molar-refractivity contribution in [2.75, 3.05) is 0 Å². The minimum Gasteiger partial charge on any atom is -0.271 e. The quantitative estimate of drug-likeness (QED) is 0.601. The fourth-order valence-electron chi connectivity index (χ4n) is 3.60. The van der Waals surface area contributed by atoms with Crippen LogP contribution >= 0.6 is 11.6 Å². The molecule has 1 fully saturated rings. The second-order valence-corrected chi connectivity index (χ2v) is 6.65. The van der Waals surface area contributed by atoms with E-state index in [1.165, 1.54) is 44.6 Å². The van der Waals surface area contributed by atoms with Crippen LogP contribution in [0.3, 0.4) is 0 Å². The van der Waals surface area contributed by atoms with Crippen molar-refractivity contribution in [1.29, 1.82) is 0 Å². The Morgan fingerprint density at radius 2 is 2.05 bits per heavy atom. The first-order valence-electron chi connectivity index (χ1n) is 8.04. The van der Waals surface area contributed by atoms with E-state index in [0.29, 0.717) is 22.9 Å². The van der Waals surface area contributed by atoms with Crippen LogP contribution in [0.1, 0.15) is 51.0 Å². The first-order chi connectivity index (χ1) is 10.2. The number of nitrogens with one attached hydrogen (secondary N) is 1. The molecule has 2 rings (SSSR count). The summed E-state index contributed by atoms with van der Waals surface area (Å²) in [6.45, 7) is 2.25. The Hall–Kier alpha value is -0.640. The van der Waals surface area contributed by atoms with Crippen LogP contribution in [-0.2, 0) is 6.42 Å². The van der Waals surface area contributed by atoms with Gasteiger partial charge in [0.2, 0.25) is 0 Å². The van der Waals surface area contributed by atoms with Crippen LogP contribution in [0.25, 0.3) is 0 Å². The van der Waals surface area contributed by atoms with Gasteiger partial charge in [-0.25, -0.2) is 4.39 Å². The molecular weight excluding hydrogens is 287 g/mol. The molecule has 4 heteroatoms. The molecule has 1 aromatic carbocycles. The molecule has 1 atom stereocenters. The molecule has 1 aliphatic rings. The number of rotatable bonds is 6. The summed E-state index contributed by atoms with van der Waals surface area (Å²) in [7, 11) is 0. The van der Waals surface area contributed by atoms with Gasteiger partial charge < -0.3 is 0 Å². The zero-order chi connectivity index (χ0) is 15.2. The molecule has 2 nitrogen and oxygen atoms in total. The number of hydrogen-bond donors (Lipinski definition) is 2. The minimum atomic E-state index is -0.234. The van der Waals surface area contributed by atoms with Crippen LogP contribution in [0.5, 0.6) is 0 Å². The number of benzene rings is 1. The van der Waals surface area contributed by atoms with Crippen molar-refractivity contribution in [2.45, 2.75) is 57.9 Å². The summed E-state index contributed by atoms with van der Waals surface area (Å²) in [5.74, 6) is 6.87. The Morgan fingerprint density at radius 3 is 2.62 bits per heavy atom. The zero-order valence-corrected chi connectivity index (χ0v) is 13.5. The second kappa shape index (κ2) is 8.11. The normalized spacial score (nSPS) is 24.0. The van der Waals surface area contributed by atoms with E-state index in [0.717, 1.165) is 5.92 Å². The van der Waals surface area contributed by atoms with E-state index in [-0.39, 0.29) is 11.9 Å². The van der Waals surface area contributed by atoms with Crippen molar-refractivity contribution in [1.82, 2.24) is 5.43 Å². The SMILES string of the molecule is CCCC1CCC(C(Cc2c(F)cccc2Cl)NN)CC1. The Labute approximate surface area is 132 Å². The Balaban J connectivity index is 1.98. The van der Waals surface area contributed by atoms with Gasteiger partial charge in [-0.3, -0.25) is 11.3 Å². The van der Waals surface area contributed by atoms with Gasteiger partial charge in [-0.1, -0.05) is 50.3 Å². The van der Waals surface area contributed by atoms with Crippen LogP contribution in [0.4, 0.5) is 4.39 Å². The van der Waals surface area contributed by atoms with Gasteiger partial charge >= 0.3 is 0 Å². The summed E-state index contributed by atoms with van der Waals surface area (Å²) in [6.07, 6.45) is 8.02. The van der Waals surface area contributed by atoms with Crippen LogP contribution in [-0.4, -0.2) is 6.04 Å². The number of halogens is 2. The number of hydrazine groups is 1. The van der Waals surface area contributed by atoms with Crippen LogP contribution in [0.2, 0.25) is 5.02 Å². The molecule has 118 valence electrons. The van der Waals surface area contributed by atoms with E-state index < -0.39 is 0 Å². The highest BCUT2D eigenvalue weighted by molar-refractivity contribution is 6.31. The molecule has 0 bridgehead atoms. The highest BCUT2D eigenvalue weighted by Crippen LogP contribution is 2.34. The van der Waals surface area contributed by atoms with E-state index >= 15 is 0 Å². The molecule has 1 unspecified atom stereocenters. The topological polar surface area (TPSA) is 38.0 Å². The highest BCUT2D eigenvalue weighted by Gasteiger charge is 2.27. The van der Waals surface area contributed by atoms with Gasteiger partial charge in [-0.2, -0.15) is 0 Å². The second-order valence-electron chi connectivity index (χ2n) is 6.25. The van der Waals surface area contributed by atoms with E-state index in [4.69, 9.17) is 17.4 Å². The van der Waals surface area contributed by atoms with Crippen molar-refractivity contribution in [3.63, 3.8) is 0 Å². The molecule has 1 saturated carbocycles. The molecule has 21 heavy (non-hydrogen) atoms. The monoisotopic (exact) mass is 312 g/mol. The summed E-state index contributed by atoms with van der Waals surface area (Å²) in [5, 5.41) is 0.495. The average molecular weight is 313 g/mol. The van der Waals surface area contributed by atoms with Crippen LogP contribution in [0.15, 0.2) is 18.2 Å². The maximum Gasteiger partial charge on any atom is 0.127 e. The van der Waals surface area contributed by atoms with E-state index in [2.05, 4.69) is 12.3 Å². The molecule has 0 aliphatic heterocycles. The smallest absolute Gasteiger partial charge is 0.127 e. The van der Waals surface area contributed by atoms with Gasteiger partial charge in [-0.15, -0.1) is 0 Å². The standard InChI is InChI=1S/C17H26ClFN2/c1-2-4-12-7-9-13(10-8-12)17(21-20)11-14-15(18)5-3-6-16(14)19/h3,5-6,12-13,17,21H,2,4,7-11,20H2,1H3. The predicted octanol–water partition coefficient (Wildman–Crippen LogP) is 4.46. The minimum absolute atomic E-state index is 0.0991. The summed E-state index contributed by atoms with van der Waals surface area (Å²) in [4.78, 5) is 0. The number of nitrogens with two attached hydrogens (primary N) is 1. The van der Waals surface area contributed by atoms with Gasteiger partial charge in [0, 0.05) is 16.6 Å². The first-order valence-corrected chi connectivity index (χ1v) is 8.42.